The number of ether oxygens (including phenoxy) is 1. The van der Waals surface area contributed by atoms with E-state index in [2.05, 4.69) is 38.7 Å². The molecule has 112 valence electrons. The first-order valence-corrected chi connectivity index (χ1v) is 7.17. The van der Waals surface area contributed by atoms with Crippen molar-refractivity contribution in [2.24, 2.45) is 0 Å². The van der Waals surface area contributed by atoms with Gasteiger partial charge in [-0.25, -0.2) is 4.98 Å². The summed E-state index contributed by atoms with van der Waals surface area (Å²) in [5, 5.41) is 9.43. The van der Waals surface area contributed by atoms with Gasteiger partial charge in [-0.3, -0.25) is 0 Å². The zero-order chi connectivity index (χ0) is 15.6. The molecule has 3 heteroatoms. The van der Waals surface area contributed by atoms with Crippen molar-refractivity contribution in [2.75, 3.05) is 0 Å². The van der Waals surface area contributed by atoms with Crippen molar-refractivity contribution in [1.29, 1.82) is 0 Å². The molecule has 1 N–H and O–H groups in total. The molecule has 1 heterocycles. The third kappa shape index (κ3) is 3.61. The molecule has 0 aliphatic heterocycles. The summed E-state index contributed by atoms with van der Waals surface area (Å²) in [6.07, 6.45) is 0. The lowest BCUT2D eigenvalue weighted by atomic mass is 9.91. The lowest BCUT2D eigenvalue weighted by molar-refractivity contribution is 0.280. The lowest BCUT2D eigenvalue weighted by Crippen LogP contribution is -2.14. The summed E-state index contributed by atoms with van der Waals surface area (Å²) >= 11 is 0. The first-order valence-electron chi connectivity index (χ1n) is 7.17. The number of aromatic nitrogens is 1. The monoisotopic (exact) mass is 285 g/mol. The number of aryl methyl sites for hydroxylation is 1. The van der Waals surface area contributed by atoms with E-state index in [9.17, 15) is 5.11 Å². The Morgan fingerprint density at radius 3 is 2.48 bits per heavy atom. The zero-order valence-corrected chi connectivity index (χ0v) is 13.4. The number of aliphatic hydroxyl groups excluding tert-OH is 1. The van der Waals surface area contributed by atoms with Gasteiger partial charge in [0.15, 0.2) is 0 Å². The van der Waals surface area contributed by atoms with E-state index in [1.54, 1.807) is 6.07 Å². The van der Waals surface area contributed by atoms with Crippen LogP contribution in [0.5, 0.6) is 11.6 Å². The number of benzene rings is 1. The van der Waals surface area contributed by atoms with Crippen LogP contribution in [0.1, 0.15) is 43.2 Å². The zero-order valence-electron chi connectivity index (χ0n) is 13.4. The molecule has 0 fully saturated rings. The molecule has 21 heavy (non-hydrogen) atoms. The molecule has 0 saturated heterocycles. The minimum absolute atomic E-state index is 0.0191. The van der Waals surface area contributed by atoms with Gasteiger partial charge in [-0.15, -0.1) is 0 Å². The molecule has 0 aliphatic rings. The van der Waals surface area contributed by atoms with Crippen LogP contribution >= 0.6 is 0 Å². The topological polar surface area (TPSA) is 42.4 Å². The Kier molecular flexibility index (Phi) is 4.33. The van der Waals surface area contributed by atoms with E-state index in [1.165, 1.54) is 5.56 Å². The van der Waals surface area contributed by atoms with Crippen molar-refractivity contribution in [3.63, 3.8) is 0 Å². The average molecular weight is 285 g/mol. The van der Waals surface area contributed by atoms with Gasteiger partial charge >= 0.3 is 0 Å². The molecule has 0 bridgehead atoms. The fourth-order valence-corrected chi connectivity index (χ4v) is 2.03. The molecule has 0 radical (unpaired) electrons. The van der Waals surface area contributed by atoms with Gasteiger partial charge in [0.25, 0.3) is 0 Å². The molecule has 2 rings (SSSR count). The van der Waals surface area contributed by atoms with Gasteiger partial charge in [0.1, 0.15) is 5.75 Å². The molecule has 0 amide bonds. The second-order valence-electron chi connectivity index (χ2n) is 6.41. The van der Waals surface area contributed by atoms with Gasteiger partial charge in [-0.2, -0.15) is 0 Å². The molecule has 0 aliphatic carbocycles. The van der Waals surface area contributed by atoms with Gasteiger partial charge < -0.3 is 9.84 Å². The van der Waals surface area contributed by atoms with Gasteiger partial charge in [0.2, 0.25) is 5.88 Å². The molecular weight excluding hydrogens is 262 g/mol. The van der Waals surface area contributed by atoms with E-state index in [-0.39, 0.29) is 12.0 Å². The Labute approximate surface area is 126 Å². The Balaban J connectivity index is 2.42. The van der Waals surface area contributed by atoms with Crippen molar-refractivity contribution < 1.29 is 9.84 Å². The smallest absolute Gasteiger partial charge is 0.219 e. The normalized spacial score (nSPS) is 11.5. The fraction of sp³-hybridized carbons (Fsp3) is 0.389. The third-order valence-corrected chi connectivity index (χ3v) is 3.58. The third-order valence-electron chi connectivity index (χ3n) is 3.58. The molecule has 3 nitrogen and oxygen atoms in total. The molecule has 1 aromatic heterocycles. The van der Waals surface area contributed by atoms with Crippen molar-refractivity contribution in [1.82, 2.24) is 4.98 Å². The minimum atomic E-state index is -0.0923. The Hall–Kier alpha value is -1.87. The molecule has 0 unspecified atom stereocenters. The van der Waals surface area contributed by atoms with Crippen LogP contribution in [-0.2, 0) is 12.0 Å². The molecule has 0 atom stereocenters. The SMILES string of the molecule is Cc1cccc(Oc2cc(CO)cc(C(C)(C)C)n2)c1C. The second kappa shape index (κ2) is 5.86. The van der Waals surface area contributed by atoms with Crippen molar-refractivity contribution in [2.45, 2.75) is 46.6 Å². The summed E-state index contributed by atoms with van der Waals surface area (Å²) in [5.41, 5.74) is 3.92. The number of aliphatic hydroxyl groups is 1. The van der Waals surface area contributed by atoms with Gasteiger partial charge in [0.05, 0.1) is 12.3 Å². The van der Waals surface area contributed by atoms with Crippen LogP contribution in [0.25, 0.3) is 0 Å². The second-order valence-corrected chi connectivity index (χ2v) is 6.41. The minimum Gasteiger partial charge on any atom is -0.439 e. The van der Waals surface area contributed by atoms with Crippen LogP contribution in [0.15, 0.2) is 30.3 Å². The predicted molar refractivity (Wildman–Crippen MR) is 84.8 cm³/mol. The maximum atomic E-state index is 9.43. The number of rotatable bonds is 3. The number of hydrogen-bond donors (Lipinski definition) is 1. The highest BCUT2D eigenvalue weighted by Gasteiger charge is 2.18. The molecule has 0 saturated carbocycles. The fourth-order valence-electron chi connectivity index (χ4n) is 2.03. The predicted octanol–water partition coefficient (Wildman–Crippen LogP) is 4.28. The highest BCUT2D eigenvalue weighted by atomic mass is 16.5. The number of hydrogen-bond acceptors (Lipinski definition) is 3. The van der Waals surface area contributed by atoms with Crippen LogP contribution < -0.4 is 4.74 Å². The summed E-state index contributed by atoms with van der Waals surface area (Å²) in [6, 6.07) is 9.68. The summed E-state index contributed by atoms with van der Waals surface area (Å²) in [5.74, 6) is 1.33. The first kappa shape index (κ1) is 15.5. The van der Waals surface area contributed by atoms with Crippen LogP contribution in [-0.4, -0.2) is 10.1 Å². The summed E-state index contributed by atoms with van der Waals surface area (Å²) < 4.78 is 5.95. The van der Waals surface area contributed by atoms with Gasteiger partial charge in [-0.1, -0.05) is 32.9 Å². The van der Waals surface area contributed by atoms with E-state index in [0.717, 1.165) is 22.6 Å². The molecule has 0 spiro atoms. The van der Waals surface area contributed by atoms with E-state index >= 15 is 0 Å². The average Bonchev–Trinajstić information content (AvgIpc) is 2.42. The Morgan fingerprint density at radius 2 is 1.86 bits per heavy atom. The maximum absolute atomic E-state index is 9.43. The van der Waals surface area contributed by atoms with E-state index < -0.39 is 0 Å². The summed E-state index contributed by atoms with van der Waals surface area (Å²) in [4.78, 5) is 4.59. The first-order chi connectivity index (χ1) is 9.81. The van der Waals surface area contributed by atoms with E-state index in [0.29, 0.717) is 5.88 Å². The van der Waals surface area contributed by atoms with Gasteiger partial charge in [-0.05, 0) is 42.7 Å². The van der Waals surface area contributed by atoms with Crippen molar-refractivity contribution in [3.05, 3.63) is 52.7 Å². The van der Waals surface area contributed by atoms with Crippen LogP contribution in [0, 0.1) is 13.8 Å². The molecular formula is C18H23NO2. The van der Waals surface area contributed by atoms with Crippen LogP contribution in [0.3, 0.4) is 0 Å². The Bertz CT molecular complexity index is 642. The Morgan fingerprint density at radius 1 is 1.14 bits per heavy atom. The van der Waals surface area contributed by atoms with E-state index in [1.807, 2.05) is 25.1 Å². The molecule has 1 aromatic carbocycles. The van der Waals surface area contributed by atoms with Crippen LogP contribution in [0.2, 0.25) is 0 Å². The van der Waals surface area contributed by atoms with Crippen molar-refractivity contribution >= 4 is 0 Å². The molecule has 2 aromatic rings. The highest BCUT2D eigenvalue weighted by molar-refractivity contribution is 5.41. The number of nitrogens with zero attached hydrogens (tertiary/aromatic N) is 1. The quantitative estimate of drug-likeness (QED) is 0.915. The lowest BCUT2D eigenvalue weighted by Gasteiger charge is -2.20. The van der Waals surface area contributed by atoms with E-state index in [4.69, 9.17) is 4.74 Å². The van der Waals surface area contributed by atoms with Crippen molar-refractivity contribution in [3.8, 4) is 11.6 Å². The largest absolute Gasteiger partial charge is 0.439 e. The number of pyridine rings is 1. The van der Waals surface area contributed by atoms with Gasteiger partial charge in [0, 0.05) is 11.5 Å². The standard InChI is InChI=1S/C18H23NO2/c1-12-7-6-8-15(13(12)2)21-17-10-14(11-20)9-16(19-17)18(3,4)5/h6-10,20H,11H2,1-5H3. The summed E-state index contributed by atoms with van der Waals surface area (Å²) in [6.45, 7) is 10.4. The maximum Gasteiger partial charge on any atom is 0.219 e. The van der Waals surface area contributed by atoms with Crippen LogP contribution in [0.4, 0.5) is 0 Å². The summed E-state index contributed by atoms with van der Waals surface area (Å²) in [7, 11) is 0. The highest BCUT2D eigenvalue weighted by Crippen LogP contribution is 2.29.